The largest absolute Gasteiger partial charge is 0.507 e. The number of rotatable bonds is 13. The number of aliphatic hydroxyl groups excluding tert-OH is 2. The van der Waals surface area contributed by atoms with E-state index < -0.39 is 12.5 Å². The Bertz CT molecular complexity index is 1220. The first-order valence-corrected chi connectivity index (χ1v) is 14.7. The highest BCUT2D eigenvalue weighted by atomic mass is 16.3. The molecule has 0 radical (unpaired) electrons. The molecule has 0 bridgehead atoms. The van der Waals surface area contributed by atoms with E-state index >= 15 is 0 Å². The molecule has 2 aliphatic rings. The fraction of sp³-hybridized carbons (Fsp3) is 0.500. The van der Waals surface area contributed by atoms with Crippen LogP contribution < -0.4 is 5.32 Å². The second kappa shape index (κ2) is 15.8. The maximum Gasteiger partial charge on any atom is 0.167 e. The summed E-state index contributed by atoms with van der Waals surface area (Å²) in [6, 6.07) is 3.84. The van der Waals surface area contributed by atoms with Crippen LogP contribution in [0.4, 0.5) is 0 Å². The summed E-state index contributed by atoms with van der Waals surface area (Å²) in [6.45, 7) is 5.77. The summed E-state index contributed by atoms with van der Waals surface area (Å²) in [5, 5.41) is 33.9. The number of benzene rings is 1. The van der Waals surface area contributed by atoms with E-state index in [1.165, 1.54) is 12.5 Å². The monoisotopic (exact) mass is 563 g/mol. The number of phenols is 1. The zero-order valence-corrected chi connectivity index (χ0v) is 24.6. The van der Waals surface area contributed by atoms with Gasteiger partial charge in [-0.25, -0.2) is 0 Å². The molecule has 3 unspecified atom stereocenters. The summed E-state index contributed by atoms with van der Waals surface area (Å²) < 4.78 is 0. The predicted molar refractivity (Wildman–Crippen MR) is 162 cm³/mol. The number of hydrogen-bond donors (Lipinski definition) is 4. The molecule has 0 amide bonds. The van der Waals surface area contributed by atoms with Crippen LogP contribution in [0.3, 0.4) is 0 Å². The van der Waals surface area contributed by atoms with E-state index in [0.29, 0.717) is 37.3 Å². The molecule has 0 saturated carbocycles. The van der Waals surface area contributed by atoms with Gasteiger partial charge in [-0.2, -0.15) is 0 Å². The topological polar surface area (TPSA) is 124 Å². The van der Waals surface area contributed by atoms with Crippen LogP contribution in [-0.2, 0) is 16.0 Å². The Labute approximate surface area is 243 Å². The van der Waals surface area contributed by atoms with Crippen molar-refractivity contribution in [1.82, 2.24) is 5.32 Å². The lowest BCUT2D eigenvalue weighted by atomic mass is 9.72. The number of Topliss-reactive ketones (excluding diaryl/α,β-unsaturated/α-hetero) is 3. The number of aromatic hydroxyl groups is 1. The Morgan fingerprint density at radius 1 is 1.05 bits per heavy atom. The molecule has 0 spiro atoms. The number of fused-ring (bicyclic) bond motifs is 1. The van der Waals surface area contributed by atoms with E-state index in [0.717, 1.165) is 29.7 Å². The van der Waals surface area contributed by atoms with Gasteiger partial charge >= 0.3 is 0 Å². The number of carbonyl (C=O) groups is 3. The third-order valence-corrected chi connectivity index (χ3v) is 7.98. The molecule has 0 fully saturated rings. The van der Waals surface area contributed by atoms with Crippen LogP contribution in [-0.4, -0.2) is 58.5 Å². The maximum absolute atomic E-state index is 13.4. The van der Waals surface area contributed by atoms with Crippen molar-refractivity contribution in [3.8, 4) is 5.75 Å². The first kappa shape index (κ1) is 32.4. The molecular weight excluding hydrogens is 518 g/mol. The molecule has 7 heteroatoms. The number of nitrogens with one attached hydrogen (secondary N) is 1. The van der Waals surface area contributed by atoms with Gasteiger partial charge in [-0.05, 0) is 73.6 Å². The lowest BCUT2D eigenvalue weighted by Gasteiger charge is -2.32. The van der Waals surface area contributed by atoms with Gasteiger partial charge in [-0.3, -0.25) is 14.4 Å². The summed E-state index contributed by atoms with van der Waals surface area (Å²) in [5.74, 6) is -2.04. The predicted octanol–water partition coefficient (Wildman–Crippen LogP) is 4.90. The van der Waals surface area contributed by atoms with Gasteiger partial charge in [0.1, 0.15) is 17.3 Å². The molecular formula is C34H45NO6. The molecule has 0 saturated heterocycles. The molecule has 41 heavy (non-hydrogen) atoms. The number of aliphatic hydroxyl groups is 2. The third kappa shape index (κ3) is 9.18. The van der Waals surface area contributed by atoms with Crippen molar-refractivity contribution in [2.45, 2.75) is 71.8 Å². The van der Waals surface area contributed by atoms with Crippen molar-refractivity contribution < 1.29 is 29.7 Å². The van der Waals surface area contributed by atoms with Gasteiger partial charge in [0.25, 0.3) is 0 Å². The molecule has 4 N–H and O–H groups in total. The molecule has 3 rings (SSSR count). The first-order chi connectivity index (χ1) is 19.6. The van der Waals surface area contributed by atoms with Gasteiger partial charge in [0.15, 0.2) is 5.78 Å². The van der Waals surface area contributed by atoms with Gasteiger partial charge in [-0.1, -0.05) is 61.9 Å². The summed E-state index contributed by atoms with van der Waals surface area (Å²) in [5.41, 5.74) is 4.35. The van der Waals surface area contributed by atoms with Crippen molar-refractivity contribution in [2.75, 3.05) is 19.8 Å². The van der Waals surface area contributed by atoms with Crippen LogP contribution in [0, 0.1) is 17.8 Å². The lowest BCUT2D eigenvalue weighted by molar-refractivity contribution is -0.131. The minimum atomic E-state index is -0.770. The van der Waals surface area contributed by atoms with E-state index in [9.17, 15) is 29.7 Å². The van der Waals surface area contributed by atoms with E-state index in [2.05, 4.69) is 43.5 Å². The van der Waals surface area contributed by atoms with Crippen LogP contribution in [0.5, 0.6) is 5.75 Å². The molecule has 0 aliphatic heterocycles. The minimum Gasteiger partial charge on any atom is -0.507 e. The fourth-order valence-corrected chi connectivity index (χ4v) is 5.91. The van der Waals surface area contributed by atoms with Crippen LogP contribution in [0.1, 0.15) is 80.8 Å². The molecule has 222 valence electrons. The average molecular weight is 564 g/mol. The SMILES string of the molecule is CC(=O)CC(=O)C(CO)C(CCO)CC1CC(=O)c2c(O)ccc(/C3=C/C=C(/CNC(C)C)C/C=C\C=C/C3)c2C1. The Balaban J connectivity index is 1.96. The smallest absolute Gasteiger partial charge is 0.167 e. The van der Waals surface area contributed by atoms with Crippen molar-refractivity contribution in [3.05, 3.63) is 70.9 Å². The van der Waals surface area contributed by atoms with E-state index in [1.54, 1.807) is 6.07 Å². The third-order valence-electron chi connectivity index (χ3n) is 7.98. The second-order valence-electron chi connectivity index (χ2n) is 11.6. The zero-order valence-electron chi connectivity index (χ0n) is 24.6. The van der Waals surface area contributed by atoms with Gasteiger partial charge in [0, 0.05) is 31.5 Å². The molecule has 0 heterocycles. The van der Waals surface area contributed by atoms with Crippen LogP contribution in [0.25, 0.3) is 5.57 Å². The zero-order chi connectivity index (χ0) is 29.9. The molecule has 1 aromatic rings. The molecule has 0 aromatic heterocycles. The van der Waals surface area contributed by atoms with Gasteiger partial charge in [0.05, 0.1) is 18.6 Å². The number of hydrogen-bond acceptors (Lipinski definition) is 7. The standard InChI is InChI=1S/C34H45NO6/c1-22(2)35-20-24-8-6-4-5-7-9-26(11-10-24)28-12-13-31(39)34-29(28)18-25(19-33(34)41)17-27(14-15-36)30(21-37)32(40)16-23(3)38/h4-7,10-13,22,25,27,30,35-37,39H,8-9,14-21H2,1-3H3/b6-4-,7-5-,24-10+,26-11+. The van der Waals surface area contributed by atoms with Crippen molar-refractivity contribution in [1.29, 1.82) is 0 Å². The number of phenolic OH excluding ortho intramolecular Hbond substituents is 1. The van der Waals surface area contributed by atoms with Crippen molar-refractivity contribution in [2.24, 2.45) is 17.8 Å². The highest BCUT2D eigenvalue weighted by molar-refractivity contribution is 6.02. The second-order valence-corrected chi connectivity index (χ2v) is 11.6. The average Bonchev–Trinajstić information content (AvgIpc) is 2.91. The summed E-state index contributed by atoms with van der Waals surface area (Å²) >= 11 is 0. The number of ketones is 3. The number of carbonyl (C=O) groups excluding carboxylic acids is 3. The fourth-order valence-electron chi connectivity index (χ4n) is 5.91. The maximum atomic E-state index is 13.4. The van der Waals surface area contributed by atoms with Gasteiger partial charge < -0.3 is 20.6 Å². The first-order valence-electron chi connectivity index (χ1n) is 14.7. The van der Waals surface area contributed by atoms with Crippen molar-refractivity contribution >= 4 is 22.9 Å². The molecule has 7 nitrogen and oxygen atoms in total. The quantitative estimate of drug-likeness (QED) is 0.252. The Morgan fingerprint density at radius 2 is 1.78 bits per heavy atom. The summed E-state index contributed by atoms with van der Waals surface area (Å²) in [6.07, 6.45) is 15.2. The Hall–Kier alpha value is -3.13. The van der Waals surface area contributed by atoms with Crippen LogP contribution in [0.2, 0.25) is 0 Å². The highest BCUT2D eigenvalue weighted by Crippen LogP contribution is 2.40. The normalized spacial score (nSPS) is 23.0. The van der Waals surface area contributed by atoms with E-state index in [1.807, 2.05) is 18.2 Å². The van der Waals surface area contributed by atoms with E-state index in [4.69, 9.17) is 0 Å². The van der Waals surface area contributed by atoms with E-state index in [-0.39, 0.29) is 54.4 Å². The molecule has 3 atom stereocenters. The van der Waals surface area contributed by atoms with Gasteiger partial charge in [0.2, 0.25) is 0 Å². The summed E-state index contributed by atoms with van der Waals surface area (Å²) in [4.78, 5) is 37.7. The van der Waals surface area contributed by atoms with Crippen LogP contribution in [0.15, 0.2) is 54.2 Å². The summed E-state index contributed by atoms with van der Waals surface area (Å²) in [7, 11) is 0. The van der Waals surface area contributed by atoms with Gasteiger partial charge in [-0.15, -0.1) is 0 Å². The minimum absolute atomic E-state index is 0.0275. The number of allylic oxidation sites excluding steroid dienone is 7. The lowest BCUT2D eigenvalue weighted by Crippen LogP contribution is -2.32. The highest BCUT2D eigenvalue weighted by Gasteiger charge is 2.35. The van der Waals surface area contributed by atoms with Crippen molar-refractivity contribution in [3.63, 3.8) is 0 Å². The Kier molecular flexibility index (Phi) is 12.4. The molecule has 1 aromatic carbocycles. The Morgan fingerprint density at radius 3 is 2.44 bits per heavy atom. The van der Waals surface area contributed by atoms with Crippen LogP contribution >= 0.6 is 0 Å². The molecule has 2 aliphatic carbocycles.